The maximum absolute atomic E-state index is 10.2. The molecule has 5 nitrogen and oxygen atoms in total. The van der Waals surface area contributed by atoms with Crippen molar-refractivity contribution in [2.24, 2.45) is 5.10 Å². The molecule has 0 saturated carbocycles. The summed E-state index contributed by atoms with van der Waals surface area (Å²) in [5, 5.41) is 25.6. The van der Waals surface area contributed by atoms with Crippen LogP contribution in [0.1, 0.15) is 18.3 Å². The van der Waals surface area contributed by atoms with Crippen LogP contribution >= 0.6 is 11.8 Å². The smallest absolute Gasteiger partial charge is 0.211 e. The molecule has 0 amide bonds. The number of hydrogen-bond donors (Lipinski definition) is 1. The largest absolute Gasteiger partial charge is 0.507 e. The molecule has 0 unspecified atom stereocenters. The van der Waals surface area contributed by atoms with Crippen LogP contribution in [-0.2, 0) is 6.42 Å². The van der Waals surface area contributed by atoms with E-state index < -0.39 is 0 Å². The molecule has 0 atom stereocenters. The van der Waals surface area contributed by atoms with E-state index in [2.05, 4.69) is 15.3 Å². The fourth-order valence-electron chi connectivity index (χ4n) is 2.29. The van der Waals surface area contributed by atoms with E-state index in [1.807, 2.05) is 43.5 Å². The first-order valence-corrected chi connectivity index (χ1v) is 8.20. The lowest BCUT2D eigenvalue weighted by Crippen LogP contribution is -1.99. The van der Waals surface area contributed by atoms with Crippen LogP contribution in [0.25, 0.3) is 10.8 Å². The normalized spacial score (nSPS) is 11.5. The summed E-state index contributed by atoms with van der Waals surface area (Å²) in [5.74, 6) is 1.000. The van der Waals surface area contributed by atoms with Crippen LogP contribution in [0.2, 0.25) is 0 Å². The zero-order valence-electron chi connectivity index (χ0n) is 12.4. The van der Waals surface area contributed by atoms with Gasteiger partial charge in [0.1, 0.15) is 5.75 Å². The number of aromatic hydroxyl groups is 1. The Morgan fingerprint density at radius 1 is 1.23 bits per heavy atom. The Bertz CT molecular complexity index is 820. The Hall–Kier alpha value is -2.34. The molecular formula is C16H16N4OS. The van der Waals surface area contributed by atoms with Crippen LogP contribution in [0.5, 0.6) is 5.75 Å². The van der Waals surface area contributed by atoms with E-state index in [1.54, 1.807) is 17.0 Å². The summed E-state index contributed by atoms with van der Waals surface area (Å²) in [6.07, 6.45) is 4.34. The quantitative estimate of drug-likeness (QED) is 0.593. The number of phenols is 1. The minimum Gasteiger partial charge on any atom is -0.507 e. The molecule has 1 aromatic heterocycles. The van der Waals surface area contributed by atoms with Gasteiger partial charge >= 0.3 is 0 Å². The van der Waals surface area contributed by atoms with Crippen molar-refractivity contribution in [2.45, 2.75) is 18.5 Å². The van der Waals surface area contributed by atoms with Gasteiger partial charge in [-0.05, 0) is 23.1 Å². The van der Waals surface area contributed by atoms with Gasteiger partial charge < -0.3 is 5.11 Å². The van der Waals surface area contributed by atoms with E-state index in [9.17, 15) is 5.11 Å². The Morgan fingerprint density at radius 2 is 2.05 bits per heavy atom. The van der Waals surface area contributed by atoms with Crippen LogP contribution in [0.15, 0.2) is 46.7 Å². The lowest BCUT2D eigenvalue weighted by atomic mass is 10.0. The fourth-order valence-corrected chi connectivity index (χ4v) is 2.74. The van der Waals surface area contributed by atoms with Gasteiger partial charge in [-0.15, -0.1) is 10.2 Å². The second kappa shape index (κ2) is 6.19. The Kier molecular flexibility index (Phi) is 4.11. The molecule has 22 heavy (non-hydrogen) atoms. The van der Waals surface area contributed by atoms with Crippen molar-refractivity contribution in [3.8, 4) is 5.75 Å². The molecule has 6 heteroatoms. The van der Waals surface area contributed by atoms with Crippen LogP contribution in [0.4, 0.5) is 0 Å². The van der Waals surface area contributed by atoms with Crippen molar-refractivity contribution in [3.63, 3.8) is 0 Å². The first kappa shape index (κ1) is 14.6. The van der Waals surface area contributed by atoms with Crippen molar-refractivity contribution in [1.82, 2.24) is 14.9 Å². The lowest BCUT2D eigenvalue weighted by Gasteiger charge is -2.05. The van der Waals surface area contributed by atoms with Crippen molar-refractivity contribution in [1.29, 1.82) is 0 Å². The van der Waals surface area contributed by atoms with Gasteiger partial charge in [0.25, 0.3) is 0 Å². The average molecular weight is 312 g/mol. The number of thioether (sulfide) groups is 1. The first-order chi connectivity index (χ1) is 10.7. The van der Waals surface area contributed by atoms with Gasteiger partial charge in [-0.25, -0.2) is 0 Å². The second-order valence-corrected chi connectivity index (χ2v) is 5.51. The number of rotatable bonds is 4. The number of aromatic nitrogens is 3. The molecule has 0 aliphatic heterocycles. The van der Waals surface area contributed by atoms with Gasteiger partial charge in [-0.2, -0.15) is 9.78 Å². The van der Waals surface area contributed by atoms with Crippen molar-refractivity contribution >= 4 is 28.7 Å². The van der Waals surface area contributed by atoms with E-state index in [4.69, 9.17) is 0 Å². The third kappa shape index (κ3) is 2.57. The zero-order valence-corrected chi connectivity index (χ0v) is 13.2. The van der Waals surface area contributed by atoms with Crippen LogP contribution in [0.3, 0.4) is 0 Å². The predicted octanol–water partition coefficient (Wildman–Crippen LogP) is 3.30. The summed E-state index contributed by atoms with van der Waals surface area (Å²) >= 11 is 1.49. The van der Waals surface area contributed by atoms with Crippen molar-refractivity contribution in [2.75, 3.05) is 6.26 Å². The van der Waals surface area contributed by atoms with Crippen molar-refractivity contribution in [3.05, 3.63) is 47.8 Å². The van der Waals surface area contributed by atoms with Gasteiger partial charge in [-0.1, -0.05) is 49.0 Å². The molecule has 2 aromatic carbocycles. The standard InChI is InChI=1S/C16H16N4OS/c1-3-15-18-19-16(22-2)20(15)17-10-13-12-7-5-4-6-11(12)8-9-14(13)21/h4-10,21H,3H2,1-2H3/b17-10-. The highest BCUT2D eigenvalue weighted by molar-refractivity contribution is 7.98. The number of phenolic OH excluding ortho intramolecular Hbond substituents is 1. The maximum atomic E-state index is 10.2. The van der Waals surface area contributed by atoms with Gasteiger partial charge in [0, 0.05) is 12.0 Å². The van der Waals surface area contributed by atoms with Gasteiger partial charge in [0.2, 0.25) is 5.16 Å². The van der Waals surface area contributed by atoms with E-state index in [0.717, 1.165) is 28.2 Å². The monoisotopic (exact) mass is 312 g/mol. The third-order valence-corrected chi connectivity index (χ3v) is 4.05. The lowest BCUT2D eigenvalue weighted by molar-refractivity contribution is 0.475. The van der Waals surface area contributed by atoms with Gasteiger partial charge in [0.05, 0.1) is 6.21 Å². The number of benzene rings is 2. The first-order valence-electron chi connectivity index (χ1n) is 6.98. The predicted molar refractivity (Wildman–Crippen MR) is 89.8 cm³/mol. The molecule has 3 aromatic rings. The molecule has 0 aliphatic carbocycles. The molecule has 112 valence electrons. The van der Waals surface area contributed by atoms with E-state index in [-0.39, 0.29) is 5.75 Å². The Balaban J connectivity index is 2.10. The van der Waals surface area contributed by atoms with Gasteiger partial charge in [-0.3, -0.25) is 0 Å². The minimum absolute atomic E-state index is 0.208. The second-order valence-electron chi connectivity index (χ2n) is 4.73. The fraction of sp³-hybridized carbons (Fsp3) is 0.188. The third-order valence-electron chi connectivity index (χ3n) is 3.43. The molecule has 3 rings (SSSR count). The molecular weight excluding hydrogens is 296 g/mol. The molecule has 1 N–H and O–H groups in total. The van der Waals surface area contributed by atoms with Crippen LogP contribution in [-0.4, -0.2) is 32.5 Å². The SMILES string of the molecule is CCc1nnc(SC)n1/N=C\c1c(O)ccc2ccccc12. The number of fused-ring (bicyclic) bond motifs is 1. The molecule has 0 radical (unpaired) electrons. The number of hydrogen-bond acceptors (Lipinski definition) is 5. The Labute approximate surface area is 132 Å². The highest BCUT2D eigenvalue weighted by atomic mass is 32.2. The zero-order chi connectivity index (χ0) is 15.5. The van der Waals surface area contributed by atoms with Gasteiger partial charge in [0.15, 0.2) is 5.82 Å². The molecule has 0 bridgehead atoms. The average Bonchev–Trinajstić information content (AvgIpc) is 2.96. The maximum Gasteiger partial charge on any atom is 0.211 e. The highest BCUT2D eigenvalue weighted by Gasteiger charge is 2.09. The molecule has 0 aliphatic rings. The topological polar surface area (TPSA) is 63.3 Å². The summed E-state index contributed by atoms with van der Waals surface area (Å²) < 4.78 is 1.71. The molecule has 0 fully saturated rings. The number of nitrogens with zero attached hydrogens (tertiary/aromatic N) is 4. The summed E-state index contributed by atoms with van der Waals surface area (Å²) in [6, 6.07) is 11.5. The van der Waals surface area contributed by atoms with Crippen LogP contribution in [0, 0.1) is 0 Å². The number of aryl methyl sites for hydroxylation is 1. The summed E-state index contributed by atoms with van der Waals surface area (Å²) in [6.45, 7) is 2.01. The molecule has 0 saturated heterocycles. The summed E-state index contributed by atoms with van der Waals surface area (Å²) in [5.41, 5.74) is 0.695. The molecule has 0 spiro atoms. The Morgan fingerprint density at radius 3 is 2.82 bits per heavy atom. The van der Waals surface area contributed by atoms with Crippen molar-refractivity contribution < 1.29 is 5.11 Å². The molecule has 1 heterocycles. The minimum atomic E-state index is 0.208. The van der Waals surface area contributed by atoms with Crippen LogP contribution < -0.4 is 0 Å². The van der Waals surface area contributed by atoms with E-state index in [0.29, 0.717) is 5.56 Å². The van der Waals surface area contributed by atoms with E-state index >= 15 is 0 Å². The summed E-state index contributed by atoms with van der Waals surface area (Å²) in [7, 11) is 0. The highest BCUT2D eigenvalue weighted by Crippen LogP contribution is 2.25. The van der Waals surface area contributed by atoms with E-state index in [1.165, 1.54) is 11.8 Å². The summed E-state index contributed by atoms with van der Waals surface area (Å²) in [4.78, 5) is 0.